The van der Waals surface area contributed by atoms with Crippen molar-refractivity contribution in [3.8, 4) is 28.4 Å². The van der Waals surface area contributed by atoms with E-state index in [1.165, 1.54) is 44.4 Å². The molecule has 0 unspecified atom stereocenters. The number of nitrogens with zero attached hydrogens (tertiary/aromatic N) is 3. The van der Waals surface area contributed by atoms with E-state index in [0.717, 1.165) is 0 Å². The maximum atomic E-state index is 14.8. The first-order valence-electron chi connectivity index (χ1n) is 8.43. The van der Waals surface area contributed by atoms with E-state index in [1.807, 2.05) is 0 Å². The number of aliphatic imine (C=N–C) groups is 1. The quantitative estimate of drug-likeness (QED) is 0.675. The van der Waals surface area contributed by atoms with Crippen LogP contribution in [0.4, 0.5) is 8.78 Å². The van der Waals surface area contributed by atoms with Gasteiger partial charge in [0.1, 0.15) is 30.3 Å². The number of aromatic nitrogens is 2. The SMILES string of the molecule is COc1cc(F)c2c(c1)[C@@]1(COC=N1)c1cc(-c3cncnc3)c(F)cc1O2. The van der Waals surface area contributed by atoms with Crippen molar-refractivity contribution in [1.82, 2.24) is 9.97 Å². The molecule has 1 aromatic heterocycles. The fourth-order valence-corrected chi connectivity index (χ4v) is 3.59. The third kappa shape index (κ3) is 2.27. The minimum Gasteiger partial charge on any atom is -0.497 e. The lowest BCUT2D eigenvalue weighted by molar-refractivity contribution is 0.269. The van der Waals surface area contributed by atoms with Crippen LogP contribution in [0.5, 0.6) is 17.2 Å². The molecule has 0 saturated heterocycles. The van der Waals surface area contributed by atoms with E-state index in [1.54, 1.807) is 12.1 Å². The molecule has 3 heterocycles. The zero-order valence-corrected chi connectivity index (χ0v) is 14.6. The Bertz CT molecular complexity index is 1120. The molecule has 0 aliphatic carbocycles. The number of methoxy groups -OCH3 is 1. The van der Waals surface area contributed by atoms with Crippen LogP contribution in [-0.2, 0) is 10.3 Å². The van der Waals surface area contributed by atoms with Crippen molar-refractivity contribution in [2.75, 3.05) is 13.7 Å². The van der Waals surface area contributed by atoms with Crippen LogP contribution in [0.2, 0.25) is 0 Å². The van der Waals surface area contributed by atoms with Crippen LogP contribution in [-0.4, -0.2) is 30.1 Å². The molecule has 1 atom stereocenters. The lowest BCUT2D eigenvalue weighted by Crippen LogP contribution is -2.31. The zero-order chi connectivity index (χ0) is 19.3. The van der Waals surface area contributed by atoms with Crippen molar-refractivity contribution < 1.29 is 23.0 Å². The number of benzene rings is 2. The van der Waals surface area contributed by atoms with Gasteiger partial charge in [-0.15, -0.1) is 0 Å². The lowest BCUT2D eigenvalue weighted by atomic mass is 9.80. The summed E-state index contributed by atoms with van der Waals surface area (Å²) in [6.45, 7) is 0.124. The summed E-state index contributed by atoms with van der Waals surface area (Å²) < 4.78 is 45.8. The molecule has 0 N–H and O–H groups in total. The number of halogens is 2. The highest BCUT2D eigenvalue weighted by molar-refractivity contribution is 5.71. The van der Waals surface area contributed by atoms with Crippen molar-refractivity contribution in [3.05, 3.63) is 65.7 Å². The molecule has 140 valence electrons. The van der Waals surface area contributed by atoms with Gasteiger partial charge in [0.15, 0.2) is 23.5 Å². The van der Waals surface area contributed by atoms with E-state index in [4.69, 9.17) is 14.2 Å². The summed E-state index contributed by atoms with van der Waals surface area (Å²) in [4.78, 5) is 12.4. The van der Waals surface area contributed by atoms with Gasteiger partial charge in [-0.2, -0.15) is 0 Å². The molecule has 3 aromatic rings. The predicted molar refractivity (Wildman–Crippen MR) is 95.7 cm³/mol. The summed E-state index contributed by atoms with van der Waals surface area (Å²) in [7, 11) is 1.45. The third-order valence-electron chi connectivity index (χ3n) is 4.94. The van der Waals surface area contributed by atoms with Crippen molar-refractivity contribution in [2.45, 2.75) is 5.54 Å². The molecule has 2 aliphatic rings. The first-order valence-corrected chi connectivity index (χ1v) is 8.43. The Morgan fingerprint density at radius 2 is 1.86 bits per heavy atom. The van der Waals surface area contributed by atoms with Crippen LogP contribution in [0.15, 0.2) is 48.0 Å². The molecular formula is C20H13F2N3O3. The minimum absolute atomic E-state index is 0.0221. The van der Waals surface area contributed by atoms with Gasteiger partial charge < -0.3 is 14.2 Å². The van der Waals surface area contributed by atoms with Gasteiger partial charge in [0.2, 0.25) is 0 Å². The Labute approximate surface area is 158 Å². The summed E-state index contributed by atoms with van der Waals surface area (Å²) in [6.07, 6.45) is 5.70. The number of hydrogen-bond acceptors (Lipinski definition) is 6. The second-order valence-electron chi connectivity index (χ2n) is 6.45. The maximum absolute atomic E-state index is 14.8. The Hall–Kier alpha value is -3.55. The summed E-state index contributed by atoms with van der Waals surface area (Å²) >= 11 is 0. The Morgan fingerprint density at radius 3 is 2.57 bits per heavy atom. The number of ether oxygens (including phenoxy) is 3. The van der Waals surface area contributed by atoms with Gasteiger partial charge in [-0.1, -0.05) is 0 Å². The van der Waals surface area contributed by atoms with Crippen LogP contribution in [0.1, 0.15) is 11.1 Å². The van der Waals surface area contributed by atoms with E-state index in [9.17, 15) is 8.78 Å². The van der Waals surface area contributed by atoms with Gasteiger partial charge in [-0.25, -0.2) is 23.7 Å². The lowest BCUT2D eigenvalue weighted by Gasteiger charge is -2.34. The second-order valence-corrected chi connectivity index (χ2v) is 6.45. The van der Waals surface area contributed by atoms with E-state index in [2.05, 4.69) is 15.0 Å². The molecule has 2 aromatic carbocycles. The molecule has 0 fully saturated rings. The van der Waals surface area contributed by atoms with Gasteiger partial charge in [0.25, 0.3) is 0 Å². The topological polar surface area (TPSA) is 65.8 Å². The highest BCUT2D eigenvalue weighted by Gasteiger charge is 2.47. The Kier molecular flexibility index (Phi) is 3.55. The maximum Gasteiger partial charge on any atom is 0.170 e. The van der Waals surface area contributed by atoms with Crippen LogP contribution < -0.4 is 9.47 Å². The molecule has 1 spiro atoms. The molecule has 5 rings (SSSR count). The normalized spacial score (nSPS) is 19.0. The molecule has 2 aliphatic heterocycles. The van der Waals surface area contributed by atoms with Crippen LogP contribution in [0, 0.1) is 11.6 Å². The molecule has 6 nitrogen and oxygen atoms in total. The standard InChI is InChI=1S/C20H13F2N3O3/c1-26-12-2-15-19(17(22)3-12)28-18-5-16(21)13(11-6-23-9-24-7-11)4-14(18)20(15)8-27-10-25-20/h2-7,9-10H,8H2,1H3/t20-/m1/s1. The third-order valence-corrected chi connectivity index (χ3v) is 4.94. The van der Waals surface area contributed by atoms with Crippen LogP contribution >= 0.6 is 0 Å². The second kappa shape index (κ2) is 5.98. The van der Waals surface area contributed by atoms with E-state index >= 15 is 0 Å². The van der Waals surface area contributed by atoms with Gasteiger partial charge in [-0.3, -0.25) is 0 Å². The average molecular weight is 381 g/mol. The fraction of sp³-hybridized carbons (Fsp3) is 0.150. The van der Waals surface area contributed by atoms with Gasteiger partial charge in [0.05, 0.1) is 7.11 Å². The van der Waals surface area contributed by atoms with E-state index in [0.29, 0.717) is 22.4 Å². The van der Waals surface area contributed by atoms with Crippen molar-refractivity contribution in [1.29, 1.82) is 0 Å². The van der Waals surface area contributed by atoms with Gasteiger partial charge in [0, 0.05) is 46.8 Å². The molecule has 28 heavy (non-hydrogen) atoms. The zero-order valence-electron chi connectivity index (χ0n) is 14.6. The molecule has 8 heteroatoms. The summed E-state index contributed by atoms with van der Waals surface area (Å²) in [5.74, 6) is -0.682. The molecule has 0 radical (unpaired) electrons. The highest BCUT2D eigenvalue weighted by Crippen LogP contribution is 2.53. The summed E-state index contributed by atoms with van der Waals surface area (Å²) in [5.41, 5.74) is 0.727. The number of hydrogen-bond donors (Lipinski definition) is 0. The van der Waals surface area contributed by atoms with Crippen molar-refractivity contribution in [3.63, 3.8) is 0 Å². The number of fused-ring (bicyclic) bond motifs is 4. The predicted octanol–water partition coefficient (Wildman–Crippen LogP) is 3.84. The molecule has 0 bridgehead atoms. The largest absolute Gasteiger partial charge is 0.497 e. The smallest absolute Gasteiger partial charge is 0.170 e. The van der Waals surface area contributed by atoms with Crippen molar-refractivity contribution >= 4 is 6.40 Å². The van der Waals surface area contributed by atoms with Crippen molar-refractivity contribution in [2.24, 2.45) is 4.99 Å². The summed E-state index contributed by atoms with van der Waals surface area (Å²) in [6, 6.07) is 5.71. The molecule has 0 amide bonds. The van der Waals surface area contributed by atoms with E-state index in [-0.39, 0.29) is 23.7 Å². The molecule has 0 saturated carbocycles. The minimum atomic E-state index is -1.07. The van der Waals surface area contributed by atoms with E-state index < -0.39 is 17.2 Å². The van der Waals surface area contributed by atoms with Crippen LogP contribution in [0.25, 0.3) is 11.1 Å². The van der Waals surface area contributed by atoms with Crippen LogP contribution in [0.3, 0.4) is 0 Å². The summed E-state index contributed by atoms with van der Waals surface area (Å²) in [5, 5.41) is 0. The highest BCUT2D eigenvalue weighted by atomic mass is 19.1. The van der Waals surface area contributed by atoms with Gasteiger partial charge >= 0.3 is 0 Å². The average Bonchev–Trinajstić information content (AvgIpc) is 3.19. The number of rotatable bonds is 2. The fourth-order valence-electron chi connectivity index (χ4n) is 3.59. The molecular weight excluding hydrogens is 368 g/mol. The Morgan fingerprint density at radius 1 is 1.04 bits per heavy atom. The first kappa shape index (κ1) is 16.6. The van der Waals surface area contributed by atoms with Gasteiger partial charge in [-0.05, 0) is 12.1 Å². The Balaban J connectivity index is 1.78. The monoisotopic (exact) mass is 381 g/mol. The first-order chi connectivity index (χ1) is 13.6.